The average Bonchev–Trinajstić information content (AvgIpc) is 3.27. The quantitative estimate of drug-likeness (QED) is 0.353. The summed E-state index contributed by atoms with van der Waals surface area (Å²) in [5.74, 6) is -0.374. The summed E-state index contributed by atoms with van der Waals surface area (Å²) in [4.78, 5) is 29.1. The maximum atomic E-state index is 12.4. The molecule has 7 heteroatoms. The van der Waals surface area contributed by atoms with Crippen LogP contribution in [0, 0.1) is 6.92 Å². The van der Waals surface area contributed by atoms with E-state index in [9.17, 15) is 9.59 Å². The predicted molar refractivity (Wildman–Crippen MR) is 128 cm³/mol. The standard InChI is InChI=1S/C26H22N2O4S/c1-18-27-21(17-33-18)15-31-22-13-11-20(12-14-22)26(30)32-16-25(29)28-24-10-6-5-9-23(24)19-7-3-2-4-8-19/h2-14,17H,15-16H2,1H3,(H,28,29). The third-order valence-corrected chi connectivity index (χ3v) is 5.59. The molecule has 166 valence electrons. The van der Waals surface area contributed by atoms with Crippen molar-refractivity contribution in [3.05, 3.63) is 101 Å². The second kappa shape index (κ2) is 10.6. The van der Waals surface area contributed by atoms with Crippen LogP contribution in [-0.4, -0.2) is 23.5 Å². The number of benzene rings is 3. The van der Waals surface area contributed by atoms with Crippen molar-refractivity contribution in [3.63, 3.8) is 0 Å². The van der Waals surface area contributed by atoms with Crippen molar-refractivity contribution >= 4 is 28.9 Å². The minimum absolute atomic E-state index is 0.337. The average molecular weight is 459 g/mol. The third kappa shape index (κ3) is 6.05. The largest absolute Gasteiger partial charge is 0.487 e. The molecular formula is C26H22N2O4S. The van der Waals surface area contributed by atoms with Gasteiger partial charge in [-0.1, -0.05) is 48.5 Å². The highest BCUT2D eigenvalue weighted by Gasteiger charge is 2.13. The number of hydrogen-bond donors (Lipinski definition) is 1. The number of nitrogens with one attached hydrogen (secondary N) is 1. The van der Waals surface area contributed by atoms with Crippen molar-refractivity contribution < 1.29 is 19.1 Å². The Morgan fingerprint density at radius 2 is 1.67 bits per heavy atom. The molecule has 0 spiro atoms. The van der Waals surface area contributed by atoms with Crippen LogP contribution in [0.4, 0.5) is 5.69 Å². The van der Waals surface area contributed by atoms with Gasteiger partial charge in [-0.15, -0.1) is 11.3 Å². The third-order valence-electron chi connectivity index (χ3n) is 4.76. The van der Waals surface area contributed by atoms with Crippen molar-refractivity contribution in [1.29, 1.82) is 0 Å². The minimum atomic E-state index is -0.580. The van der Waals surface area contributed by atoms with Crippen LogP contribution in [0.25, 0.3) is 11.1 Å². The van der Waals surface area contributed by atoms with Gasteiger partial charge in [0, 0.05) is 16.6 Å². The topological polar surface area (TPSA) is 77.5 Å². The van der Waals surface area contributed by atoms with Gasteiger partial charge in [-0.2, -0.15) is 0 Å². The van der Waals surface area contributed by atoms with E-state index in [1.54, 1.807) is 35.6 Å². The molecule has 0 saturated carbocycles. The van der Waals surface area contributed by atoms with Gasteiger partial charge in [0.25, 0.3) is 5.91 Å². The summed E-state index contributed by atoms with van der Waals surface area (Å²) < 4.78 is 10.9. The van der Waals surface area contributed by atoms with E-state index in [-0.39, 0.29) is 6.61 Å². The Hall–Kier alpha value is -3.97. The van der Waals surface area contributed by atoms with Crippen LogP contribution < -0.4 is 10.1 Å². The lowest BCUT2D eigenvalue weighted by molar-refractivity contribution is -0.119. The van der Waals surface area contributed by atoms with E-state index in [0.29, 0.717) is 23.6 Å². The molecule has 0 aliphatic carbocycles. The summed E-state index contributed by atoms with van der Waals surface area (Å²) in [6.07, 6.45) is 0. The van der Waals surface area contributed by atoms with Gasteiger partial charge in [-0.3, -0.25) is 4.79 Å². The Morgan fingerprint density at radius 3 is 2.39 bits per heavy atom. The molecule has 4 rings (SSSR count). The van der Waals surface area contributed by atoms with Crippen molar-refractivity contribution in [2.24, 2.45) is 0 Å². The van der Waals surface area contributed by atoms with Crippen LogP contribution in [-0.2, 0) is 16.1 Å². The first-order chi connectivity index (χ1) is 16.1. The van der Waals surface area contributed by atoms with Crippen LogP contribution in [0.1, 0.15) is 21.1 Å². The molecule has 0 aliphatic heterocycles. The zero-order chi connectivity index (χ0) is 23.0. The number of hydrogen-bond acceptors (Lipinski definition) is 6. The van der Waals surface area contributed by atoms with Crippen LogP contribution in [0.2, 0.25) is 0 Å². The van der Waals surface area contributed by atoms with E-state index in [4.69, 9.17) is 9.47 Å². The predicted octanol–water partition coefficient (Wildman–Crippen LogP) is 5.49. The fraction of sp³-hybridized carbons (Fsp3) is 0.115. The lowest BCUT2D eigenvalue weighted by Crippen LogP contribution is -2.21. The molecule has 0 bridgehead atoms. The first-order valence-electron chi connectivity index (χ1n) is 10.3. The van der Waals surface area contributed by atoms with Gasteiger partial charge < -0.3 is 14.8 Å². The Kier molecular flexibility index (Phi) is 7.12. The first kappa shape index (κ1) is 22.2. The number of aromatic nitrogens is 1. The number of esters is 1. The lowest BCUT2D eigenvalue weighted by Gasteiger charge is -2.11. The van der Waals surface area contributed by atoms with Gasteiger partial charge in [0.15, 0.2) is 6.61 Å². The number of carbonyl (C=O) groups is 2. The van der Waals surface area contributed by atoms with E-state index >= 15 is 0 Å². The number of para-hydroxylation sites is 1. The summed E-state index contributed by atoms with van der Waals surface area (Å²) in [6, 6.07) is 23.8. The van der Waals surface area contributed by atoms with Gasteiger partial charge >= 0.3 is 5.97 Å². The molecule has 0 radical (unpaired) electrons. The van der Waals surface area contributed by atoms with E-state index in [1.807, 2.05) is 66.9 Å². The van der Waals surface area contributed by atoms with Crippen LogP contribution in [0.15, 0.2) is 84.2 Å². The number of nitrogens with zero attached hydrogens (tertiary/aromatic N) is 1. The molecule has 6 nitrogen and oxygen atoms in total. The van der Waals surface area contributed by atoms with Crippen molar-refractivity contribution in [1.82, 2.24) is 4.98 Å². The molecule has 0 unspecified atom stereocenters. The minimum Gasteiger partial charge on any atom is -0.487 e. The Bertz CT molecular complexity index is 1240. The van der Waals surface area contributed by atoms with Crippen molar-refractivity contribution in [2.45, 2.75) is 13.5 Å². The molecule has 33 heavy (non-hydrogen) atoms. The molecule has 1 aromatic heterocycles. The summed E-state index contributed by atoms with van der Waals surface area (Å²) in [5.41, 5.74) is 3.73. The molecule has 1 heterocycles. The smallest absolute Gasteiger partial charge is 0.338 e. The van der Waals surface area contributed by atoms with Gasteiger partial charge in [0.05, 0.1) is 16.3 Å². The summed E-state index contributed by atoms with van der Waals surface area (Å²) >= 11 is 1.57. The molecule has 0 aliphatic rings. The number of anilines is 1. The fourth-order valence-electron chi connectivity index (χ4n) is 3.18. The van der Waals surface area contributed by atoms with Crippen LogP contribution >= 0.6 is 11.3 Å². The number of thiazole rings is 1. The normalized spacial score (nSPS) is 10.5. The zero-order valence-corrected chi connectivity index (χ0v) is 18.8. The Labute approximate surface area is 195 Å². The highest BCUT2D eigenvalue weighted by atomic mass is 32.1. The number of ether oxygens (including phenoxy) is 2. The van der Waals surface area contributed by atoms with Crippen molar-refractivity contribution in [2.75, 3.05) is 11.9 Å². The Morgan fingerprint density at radius 1 is 0.939 bits per heavy atom. The van der Waals surface area contributed by atoms with E-state index < -0.39 is 11.9 Å². The molecule has 1 amide bonds. The Balaban J connectivity index is 1.30. The molecule has 3 aromatic carbocycles. The zero-order valence-electron chi connectivity index (χ0n) is 18.0. The highest BCUT2D eigenvalue weighted by molar-refractivity contribution is 7.09. The van der Waals surface area contributed by atoms with E-state index in [2.05, 4.69) is 10.3 Å². The first-order valence-corrected chi connectivity index (χ1v) is 11.2. The molecule has 4 aromatic rings. The SMILES string of the molecule is Cc1nc(COc2ccc(C(=O)OCC(=O)Nc3ccccc3-c3ccccc3)cc2)cs1. The number of carbonyl (C=O) groups excluding carboxylic acids is 2. The summed E-state index contributed by atoms with van der Waals surface area (Å²) in [5, 5.41) is 5.75. The second-order valence-electron chi connectivity index (χ2n) is 7.21. The highest BCUT2D eigenvalue weighted by Crippen LogP contribution is 2.27. The molecule has 0 saturated heterocycles. The fourth-order valence-corrected chi connectivity index (χ4v) is 3.78. The lowest BCUT2D eigenvalue weighted by atomic mass is 10.0. The summed E-state index contributed by atoms with van der Waals surface area (Å²) in [6.45, 7) is 1.92. The molecule has 1 N–H and O–H groups in total. The second-order valence-corrected chi connectivity index (χ2v) is 8.27. The number of rotatable bonds is 8. The maximum Gasteiger partial charge on any atom is 0.338 e. The maximum absolute atomic E-state index is 12.4. The monoisotopic (exact) mass is 458 g/mol. The summed E-state index contributed by atoms with van der Waals surface area (Å²) in [7, 11) is 0. The van der Waals surface area contributed by atoms with Gasteiger partial charge in [-0.25, -0.2) is 9.78 Å². The molecule has 0 fully saturated rings. The van der Waals surface area contributed by atoms with Gasteiger partial charge in [-0.05, 0) is 42.8 Å². The van der Waals surface area contributed by atoms with E-state index in [0.717, 1.165) is 21.8 Å². The van der Waals surface area contributed by atoms with Crippen LogP contribution in [0.3, 0.4) is 0 Å². The van der Waals surface area contributed by atoms with Crippen molar-refractivity contribution in [3.8, 4) is 16.9 Å². The van der Waals surface area contributed by atoms with Gasteiger partial charge in [0.2, 0.25) is 0 Å². The van der Waals surface area contributed by atoms with Crippen LogP contribution in [0.5, 0.6) is 5.75 Å². The van der Waals surface area contributed by atoms with E-state index in [1.165, 1.54) is 0 Å². The number of amides is 1. The molecule has 0 atom stereocenters. The van der Waals surface area contributed by atoms with Gasteiger partial charge in [0.1, 0.15) is 12.4 Å². The number of aryl methyl sites for hydroxylation is 1. The molecular weight excluding hydrogens is 436 g/mol.